The predicted molar refractivity (Wildman–Crippen MR) is 96.9 cm³/mol. The molecule has 2 aromatic rings. The minimum Gasteiger partial charge on any atom is -0.484 e. The zero-order valence-corrected chi connectivity index (χ0v) is 15.9. The Hall–Kier alpha value is -2.55. The molecule has 0 spiro atoms. The minimum atomic E-state index is -0.570. The summed E-state index contributed by atoms with van der Waals surface area (Å²) in [4.78, 5) is 23.5. The molecular weight excluding hydrogens is 356 g/mol. The van der Waals surface area contributed by atoms with E-state index in [-0.39, 0.29) is 17.9 Å². The van der Waals surface area contributed by atoms with E-state index >= 15 is 0 Å². The van der Waals surface area contributed by atoms with Gasteiger partial charge >= 0.3 is 6.03 Å². The molecule has 140 valence electrons. The van der Waals surface area contributed by atoms with Gasteiger partial charge in [-0.2, -0.15) is 0 Å². The number of ether oxygens (including phenoxy) is 1. The van der Waals surface area contributed by atoms with E-state index in [0.717, 1.165) is 17.3 Å². The van der Waals surface area contributed by atoms with Crippen LogP contribution in [0.5, 0.6) is 5.75 Å². The Morgan fingerprint density at radius 2 is 2.04 bits per heavy atom. The normalized spacial score (nSPS) is 11.9. The van der Waals surface area contributed by atoms with Crippen molar-refractivity contribution in [2.24, 2.45) is 0 Å². The molecule has 0 radical (unpaired) electrons. The zero-order chi connectivity index (χ0) is 19.1. The second kappa shape index (κ2) is 9.23. The van der Waals surface area contributed by atoms with Gasteiger partial charge in [-0.1, -0.05) is 23.9 Å². The largest absolute Gasteiger partial charge is 0.484 e. The maximum Gasteiger partial charge on any atom is 0.321 e. The van der Waals surface area contributed by atoms with Crippen LogP contribution in [0.3, 0.4) is 0 Å². The van der Waals surface area contributed by atoms with Crippen LogP contribution in [-0.4, -0.2) is 33.4 Å². The fraction of sp³-hybridized carbons (Fsp3) is 0.412. The highest BCUT2D eigenvalue weighted by molar-refractivity contribution is 8.00. The van der Waals surface area contributed by atoms with Crippen LogP contribution in [-0.2, 0) is 11.4 Å². The summed E-state index contributed by atoms with van der Waals surface area (Å²) in [6.45, 7) is 7.37. The first-order valence-electron chi connectivity index (χ1n) is 8.13. The van der Waals surface area contributed by atoms with Gasteiger partial charge in [-0.3, -0.25) is 10.1 Å². The number of hydrogen-bond acceptors (Lipinski definition) is 7. The van der Waals surface area contributed by atoms with Crippen LogP contribution in [0.25, 0.3) is 0 Å². The highest BCUT2D eigenvalue weighted by Crippen LogP contribution is 2.22. The molecule has 2 rings (SSSR count). The summed E-state index contributed by atoms with van der Waals surface area (Å²) in [5.74, 6) is 0.574. The Kier molecular flexibility index (Phi) is 7.02. The summed E-state index contributed by atoms with van der Waals surface area (Å²) < 4.78 is 11.1. The number of urea groups is 1. The lowest BCUT2D eigenvalue weighted by Crippen LogP contribution is -2.45. The van der Waals surface area contributed by atoms with Crippen LogP contribution in [0.2, 0.25) is 0 Å². The van der Waals surface area contributed by atoms with E-state index in [1.165, 1.54) is 0 Å². The quantitative estimate of drug-likeness (QED) is 0.713. The van der Waals surface area contributed by atoms with Gasteiger partial charge in [0, 0.05) is 6.04 Å². The maximum atomic E-state index is 12.0. The smallest absolute Gasteiger partial charge is 0.321 e. The number of carbonyl (C=O) groups excluding carboxylic acids is 2. The molecule has 0 fully saturated rings. The van der Waals surface area contributed by atoms with Crippen molar-refractivity contribution < 1.29 is 18.7 Å². The number of thioether (sulfide) groups is 1. The molecule has 1 heterocycles. The molecule has 1 aromatic heterocycles. The van der Waals surface area contributed by atoms with Crippen molar-refractivity contribution in [3.05, 3.63) is 35.7 Å². The number of rotatable bonds is 7. The van der Waals surface area contributed by atoms with Gasteiger partial charge in [-0.15, -0.1) is 10.2 Å². The molecule has 0 unspecified atom stereocenters. The Bertz CT molecular complexity index is 763. The molecule has 0 aliphatic carbocycles. The number of benzene rings is 1. The van der Waals surface area contributed by atoms with Crippen molar-refractivity contribution >= 4 is 23.7 Å². The molecule has 0 aliphatic heterocycles. The van der Waals surface area contributed by atoms with Gasteiger partial charge in [-0.25, -0.2) is 4.79 Å². The second-order valence-electron chi connectivity index (χ2n) is 5.94. The standard InChI is InChI=1S/C17H22N4O4S/c1-10(2)18-16(23)19-15(22)12(4)26-17-21-20-14(25-17)9-24-13-7-5-6-11(3)8-13/h5-8,10,12H,9H2,1-4H3,(H2,18,19,22,23)/t12-/m0/s1. The van der Waals surface area contributed by atoms with E-state index in [1.807, 2.05) is 31.2 Å². The number of aromatic nitrogens is 2. The summed E-state index contributed by atoms with van der Waals surface area (Å²) in [6.07, 6.45) is 0. The zero-order valence-electron chi connectivity index (χ0n) is 15.1. The Labute approximate surface area is 156 Å². The number of imide groups is 1. The first-order chi connectivity index (χ1) is 12.3. The Balaban J connectivity index is 1.83. The summed E-state index contributed by atoms with van der Waals surface area (Å²) >= 11 is 1.07. The van der Waals surface area contributed by atoms with Gasteiger partial charge in [0.2, 0.25) is 5.91 Å². The molecular formula is C17H22N4O4S. The molecule has 2 N–H and O–H groups in total. The topological polar surface area (TPSA) is 106 Å². The summed E-state index contributed by atoms with van der Waals surface area (Å²) in [7, 11) is 0. The number of carbonyl (C=O) groups is 2. The van der Waals surface area contributed by atoms with E-state index in [9.17, 15) is 9.59 Å². The molecule has 1 atom stereocenters. The molecule has 26 heavy (non-hydrogen) atoms. The van der Waals surface area contributed by atoms with Crippen molar-refractivity contribution in [3.63, 3.8) is 0 Å². The Morgan fingerprint density at radius 3 is 2.73 bits per heavy atom. The Morgan fingerprint density at radius 1 is 1.27 bits per heavy atom. The lowest BCUT2D eigenvalue weighted by molar-refractivity contribution is -0.119. The molecule has 0 aliphatic rings. The van der Waals surface area contributed by atoms with Gasteiger partial charge in [0.15, 0.2) is 6.61 Å². The molecule has 8 nitrogen and oxygen atoms in total. The predicted octanol–water partition coefficient (Wildman–Crippen LogP) is 2.67. The first-order valence-corrected chi connectivity index (χ1v) is 9.01. The summed E-state index contributed by atoms with van der Waals surface area (Å²) in [5.41, 5.74) is 1.09. The van der Waals surface area contributed by atoms with Crippen LogP contribution in [0.1, 0.15) is 32.2 Å². The third-order valence-corrected chi connectivity index (χ3v) is 4.04. The summed E-state index contributed by atoms with van der Waals surface area (Å²) in [5, 5.41) is 12.3. The second-order valence-corrected chi connectivity index (χ2v) is 7.24. The lowest BCUT2D eigenvalue weighted by atomic mass is 10.2. The van der Waals surface area contributed by atoms with Crippen molar-refractivity contribution in [1.29, 1.82) is 0 Å². The van der Waals surface area contributed by atoms with E-state index < -0.39 is 17.2 Å². The van der Waals surface area contributed by atoms with E-state index in [4.69, 9.17) is 9.15 Å². The number of hydrogen-bond donors (Lipinski definition) is 2. The van der Waals surface area contributed by atoms with Crippen LogP contribution < -0.4 is 15.4 Å². The van der Waals surface area contributed by atoms with Crippen LogP contribution in [0, 0.1) is 6.92 Å². The average molecular weight is 378 g/mol. The third kappa shape index (κ3) is 6.40. The van der Waals surface area contributed by atoms with Gasteiger partial charge < -0.3 is 14.5 Å². The van der Waals surface area contributed by atoms with Gasteiger partial charge in [0.1, 0.15) is 5.75 Å². The first kappa shape index (κ1) is 19.8. The lowest BCUT2D eigenvalue weighted by Gasteiger charge is -2.11. The molecule has 1 aromatic carbocycles. The fourth-order valence-corrected chi connectivity index (χ4v) is 2.61. The van der Waals surface area contributed by atoms with E-state index in [0.29, 0.717) is 11.6 Å². The van der Waals surface area contributed by atoms with Crippen molar-refractivity contribution in [1.82, 2.24) is 20.8 Å². The monoisotopic (exact) mass is 378 g/mol. The highest BCUT2D eigenvalue weighted by Gasteiger charge is 2.20. The molecule has 9 heteroatoms. The van der Waals surface area contributed by atoms with Crippen LogP contribution in [0.15, 0.2) is 33.9 Å². The minimum absolute atomic E-state index is 0.0577. The van der Waals surface area contributed by atoms with Crippen molar-refractivity contribution in [2.45, 2.75) is 50.8 Å². The number of nitrogens with one attached hydrogen (secondary N) is 2. The number of amides is 3. The van der Waals surface area contributed by atoms with E-state index in [1.54, 1.807) is 20.8 Å². The maximum absolute atomic E-state index is 12.0. The van der Waals surface area contributed by atoms with Gasteiger partial charge in [0.25, 0.3) is 11.1 Å². The third-order valence-electron chi connectivity index (χ3n) is 3.10. The number of nitrogens with zero attached hydrogens (tertiary/aromatic N) is 2. The SMILES string of the molecule is Cc1cccc(OCc2nnc(S[C@@H](C)C(=O)NC(=O)NC(C)C)o2)c1. The number of aryl methyl sites for hydroxylation is 1. The molecule has 0 saturated carbocycles. The highest BCUT2D eigenvalue weighted by atomic mass is 32.2. The van der Waals surface area contributed by atoms with Gasteiger partial charge in [-0.05, 0) is 45.4 Å². The van der Waals surface area contributed by atoms with E-state index in [2.05, 4.69) is 20.8 Å². The van der Waals surface area contributed by atoms with Crippen LogP contribution in [0.4, 0.5) is 4.79 Å². The van der Waals surface area contributed by atoms with Crippen molar-refractivity contribution in [3.8, 4) is 5.75 Å². The molecule has 0 saturated heterocycles. The summed E-state index contributed by atoms with van der Waals surface area (Å²) in [6, 6.07) is 7.03. The molecule has 0 bridgehead atoms. The van der Waals surface area contributed by atoms with Crippen LogP contribution >= 0.6 is 11.8 Å². The molecule has 3 amide bonds. The van der Waals surface area contributed by atoms with Gasteiger partial charge in [0.05, 0.1) is 5.25 Å². The fourth-order valence-electron chi connectivity index (χ4n) is 1.91. The average Bonchev–Trinajstić information content (AvgIpc) is 2.99. The van der Waals surface area contributed by atoms with Crippen molar-refractivity contribution in [2.75, 3.05) is 0 Å².